The molecular weight excluding hydrogens is 338 g/mol. The van der Waals surface area contributed by atoms with Crippen molar-refractivity contribution in [2.45, 2.75) is 65.5 Å². The molecule has 2 aromatic heterocycles. The topological polar surface area (TPSA) is 16.4 Å². The number of furan rings is 1. The van der Waals surface area contributed by atoms with Crippen molar-refractivity contribution in [2.24, 2.45) is 5.41 Å². The van der Waals surface area contributed by atoms with E-state index in [1.165, 1.54) is 32.8 Å². The van der Waals surface area contributed by atoms with E-state index in [-0.39, 0.29) is 16.4 Å². The lowest BCUT2D eigenvalue weighted by molar-refractivity contribution is 0.0521. The second-order valence-corrected chi connectivity index (χ2v) is 10.2. The number of thiophene rings is 1. The molecule has 0 radical (unpaired) electrons. The molecule has 0 aliphatic carbocycles. The van der Waals surface area contributed by atoms with E-state index in [2.05, 4.69) is 83.0 Å². The normalized spacial score (nSPS) is 28.1. The summed E-state index contributed by atoms with van der Waals surface area (Å²) in [6.07, 6.45) is 0. The fraction of sp³-hybridized carbons (Fsp3) is 0.478. The Labute approximate surface area is 159 Å². The molecule has 0 saturated carbocycles. The van der Waals surface area contributed by atoms with Crippen LogP contribution >= 0.6 is 11.3 Å². The first kappa shape index (κ1) is 16.4. The van der Waals surface area contributed by atoms with E-state index < -0.39 is 0 Å². The highest BCUT2D eigenvalue weighted by Gasteiger charge is 2.66. The van der Waals surface area contributed by atoms with Crippen molar-refractivity contribution in [1.29, 1.82) is 0 Å². The fourth-order valence-electron chi connectivity index (χ4n) is 5.64. The second kappa shape index (κ2) is 4.56. The molecule has 2 atom stereocenters. The predicted octanol–water partition coefficient (Wildman–Crippen LogP) is 6.92. The molecule has 136 valence electrons. The Hall–Kier alpha value is -1.74. The Bertz CT molecular complexity index is 1050. The third kappa shape index (κ3) is 1.49. The Morgan fingerprint density at radius 1 is 1.08 bits per heavy atom. The highest BCUT2D eigenvalue weighted by Crippen LogP contribution is 2.68. The smallest absolute Gasteiger partial charge is 0.145 e. The molecule has 0 bridgehead atoms. The first-order chi connectivity index (χ1) is 12.1. The lowest BCUT2D eigenvalue weighted by Crippen LogP contribution is -2.62. The SMILES string of the molecule is Cc1cccc2c1N1C(C)c3c(oc4ccsc34)C1(C)C(C)(C)C2(C)C. The van der Waals surface area contributed by atoms with Gasteiger partial charge in [-0.05, 0) is 48.8 Å². The Morgan fingerprint density at radius 2 is 1.81 bits per heavy atom. The summed E-state index contributed by atoms with van der Waals surface area (Å²) in [6, 6.07) is 9.23. The zero-order valence-electron chi connectivity index (χ0n) is 16.7. The van der Waals surface area contributed by atoms with Crippen LogP contribution in [0.3, 0.4) is 0 Å². The number of anilines is 1. The summed E-state index contributed by atoms with van der Waals surface area (Å²) < 4.78 is 7.87. The molecule has 26 heavy (non-hydrogen) atoms. The maximum Gasteiger partial charge on any atom is 0.145 e. The van der Waals surface area contributed by atoms with Crippen LogP contribution in [0.5, 0.6) is 0 Å². The monoisotopic (exact) mass is 365 g/mol. The maximum absolute atomic E-state index is 6.55. The van der Waals surface area contributed by atoms with E-state index in [9.17, 15) is 0 Å². The number of rotatable bonds is 0. The number of hydrogen-bond acceptors (Lipinski definition) is 3. The largest absolute Gasteiger partial charge is 0.457 e. The van der Waals surface area contributed by atoms with Gasteiger partial charge in [-0.2, -0.15) is 0 Å². The molecule has 0 spiro atoms. The van der Waals surface area contributed by atoms with Crippen LogP contribution in [-0.4, -0.2) is 0 Å². The lowest BCUT2D eigenvalue weighted by atomic mass is 9.52. The molecule has 0 N–H and O–H groups in total. The second-order valence-electron chi connectivity index (χ2n) is 9.30. The molecule has 2 unspecified atom stereocenters. The van der Waals surface area contributed by atoms with Crippen molar-refractivity contribution in [2.75, 3.05) is 4.90 Å². The highest BCUT2D eigenvalue weighted by molar-refractivity contribution is 7.17. The minimum absolute atomic E-state index is 0.000273. The molecule has 2 aliphatic rings. The highest BCUT2D eigenvalue weighted by atomic mass is 32.1. The van der Waals surface area contributed by atoms with E-state index in [0.29, 0.717) is 6.04 Å². The van der Waals surface area contributed by atoms with Crippen LogP contribution in [0.25, 0.3) is 10.3 Å². The molecule has 0 saturated heterocycles. The number of para-hydroxylation sites is 1. The summed E-state index contributed by atoms with van der Waals surface area (Å²) in [5, 5.41) is 2.15. The average Bonchev–Trinajstić information content (AvgIpc) is 3.19. The number of benzene rings is 1. The van der Waals surface area contributed by atoms with Crippen molar-refractivity contribution in [3.8, 4) is 0 Å². The summed E-state index contributed by atoms with van der Waals surface area (Å²) >= 11 is 1.81. The van der Waals surface area contributed by atoms with Crippen molar-refractivity contribution in [3.05, 3.63) is 52.1 Å². The molecule has 5 rings (SSSR count). The van der Waals surface area contributed by atoms with Crippen LogP contribution in [0.1, 0.15) is 70.0 Å². The molecular formula is C23H27NOS. The lowest BCUT2D eigenvalue weighted by Gasteiger charge is -2.61. The first-order valence-corrected chi connectivity index (χ1v) is 10.4. The van der Waals surface area contributed by atoms with Gasteiger partial charge in [0.2, 0.25) is 0 Å². The van der Waals surface area contributed by atoms with E-state index >= 15 is 0 Å². The predicted molar refractivity (Wildman–Crippen MR) is 110 cm³/mol. The third-order valence-electron chi connectivity index (χ3n) is 7.99. The van der Waals surface area contributed by atoms with E-state index in [0.717, 1.165) is 5.58 Å². The average molecular weight is 366 g/mol. The third-order valence-corrected chi connectivity index (χ3v) is 8.92. The van der Waals surface area contributed by atoms with Gasteiger partial charge in [-0.3, -0.25) is 0 Å². The van der Waals surface area contributed by atoms with Gasteiger partial charge in [0.1, 0.15) is 16.9 Å². The number of fused-ring (bicyclic) bond motifs is 7. The fourth-order valence-corrected chi connectivity index (χ4v) is 6.58. The van der Waals surface area contributed by atoms with Gasteiger partial charge < -0.3 is 9.32 Å². The van der Waals surface area contributed by atoms with Gasteiger partial charge in [-0.1, -0.05) is 45.9 Å². The Morgan fingerprint density at radius 3 is 2.54 bits per heavy atom. The minimum atomic E-state index is -0.177. The van der Waals surface area contributed by atoms with Crippen molar-refractivity contribution in [1.82, 2.24) is 0 Å². The van der Waals surface area contributed by atoms with Gasteiger partial charge in [0.05, 0.1) is 10.7 Å². The molecule has 3 heteroatoms. The molecule has 0 amide bonds. The Balaban J connectivity index is 1.94. The number of aryl methyl sites for hydroxylation is 1. The van der Waals surface area contributed by atoms with Crippen LogP contribution in [0.2, 0.25) is 0 Å². The molecule has 0 fully saturated rings. The van der Waals surface area contributed by atoms with Gasteiger partial charge in [0.25, 0.3) is 0 Å². The minimum Gasteiger partial charge on any atom is -0.457 e. The summed E-state index contributed by atoms with van der Waals surface area (Å²) in [6.45, 7) is 16.7. The molecule has 3 aromatic rings. The molecule has 4 heterocycles. The van der Waals surface area contributed by atoms with Gasteiger partial charge in [-0.15, -0.1) is 11.3 Å². The molecule has 2 nitrogen and oxygen atoms in total. The summed E-state index contributed by atoms with van der Waals surface area (Å²) in [5.41, 5.74) is 6.53. The van der Waals surface area contributed by atoms with Crippen LogP contribution < -0.4 is 4.90 Å². The maximum atomic E-state index is 6.55. The van der Waals surface area contributed by atoms with E-state index in [1.807, 2.05) is 11.3 Å². The van der Waals surface area contributed by atoms with E-state index in [4.69, 9.17) is 4.42 Å². The van der Waals surface area contributed by atoms with Gasteiger partial charge in [0, 0.05) is 16.7 Å². The zero-order chi connectivity index (χ0) is 18.6. The molecule has 2 aliphatic heterocycles. The van der Waals surface area contributed by atoms with Crippen LogP contribution in [0.15, 0.2) is 34.1 Å². The van der Waals surface area contributed by atoms with Crippen molar-refractivity contribution in [3.63, 3.8) is 0 Å². The van der Waals surface area contributed by atoms with Crippen LogP contribution in [0.4, 0.5) is 5.69 Å². The van der Waals surface area contributed by atoms with E-state index in [1.54, 1.807) is 0 Å². The van der Waals surface area contributed by atoms with Gasteiger partial charge >= 0.3 is 0 Å². The first-order valence-electron chi connectivity index (χ1n) is 9.54. The standard InChI is InChI=1S/C23H27NOS/c1-13-9-8-10-15-18(13)24-14(2)17-19-16(11-12-26-19)25-20(17)23(24,7)22(5,6)21(15,3)4/h8-12,14H,1-7H3. The van der Waals surface area contributed by atoms with Crippen LogP contribution in [0, 0.1) is 12.3 Å². The Kier molecular flexibility index (Phi) is 2.88. The van der Waals surface area contributed by atoms with Gasteiger partial charge in [-0.25, -0.2) is 0 Å². The van der Waals surface area contributed by atoms with Crippen molar-refractivity contribution < 1.29 is 4.42 Å². The summed E-state index contributed by atoms with van der Waals surface area (Å²) in [4.78, 5) is 2.66. The zero-order valence-corrected chi connectivity index (χ0v) is 17.5. The van der Waals surface area contributed by atoms with Gasteiger partial charge in [0.15, 0.2) is 0 Å². The molecule has 1 aromatic carbocycles. The summed E-state index contributed by atoms with van der Waals surface area (Å²) in [5.74, 6) is 1.18. The van der Waals surface area contributed by atoms with Crippen molar-refractivity contribution >= 4 is 27.3 Å². The quantitative estimate of drug-likeness (QED) is 0.430. The number of hydrogen-bond donors (Lipinski definition) is 0. The number of nitrogens with zero attached hydrogens (tertiary/aromatic N) is 1. The summed E-state index contributed by atoms with van der Waals surface area (Å²) in [7, 11) is 0. The van der Waals surface area contributed by atoms with Crippen LogP contribution in [-0.2, 0) is 11.0 Å².